The van der Waals surface area contributed by atoms with Gasteiger partial charge in [0.05, 0.1) is 9.79 Å². The lowest BCUT2D eigenvalue weighted by Gasteiger charge is -2.32. The first-order valence-electron chi connectivity index (χ1n) is 11.4. The van der Waals surface area contributed by atoms with Gasteiger partial charge < -0.3 is 0 Å². The predicted molar refractivity (Wildman–Crippen MR) is 125 cm³/mol. The molecule has 0 bridgehead atoms. The number of piperidine rings is 1. The predicted octanol–water partition coefficient (Wildman–Crippen LogP) is 4.21. The fraction of sp³-hybridized carbons (Fsp3) is 0.500. The molecule has 32 heavy (non-hydrogen) atoms. The van der Waals surface area contributed by atoms with E-state index in [2.05, 4.69) is 0 Å². The third-order valence-corrected chi connectivity index (χ3v) is 10.7. The summed E-state index contributed by atoms with van der Waals surface area (Å²) < 4.78 is 55.7. The summed E-state index contributed by atoms with van der Waals surface area (Å²) in [5.41, 5.74) is 1.15. The van der Waals surface area contributed by atoms with Crippen LogP contribution in [0.1, 0.15) is 56.4 Å². The van der Waals surface area contributed by atoms with Crippen molar-refractivity contribution in [3.05, 3.63) is 60.2 Å². The molecule has 1 atom stereocenters. The van der Waals surface area contributed by atoms with E-state index in [1.54, 1.807) is 7.05 Å². The van der Waals surface area contributed by atoms with E-state index in [4.69, 9.17) is 0 Å². The summed E-state index contributed by atoms with van der Waals surface area (Å²) in [6, 6.07) is 15.8. The molecule has 0 aromatic heterocycles. The SMILES string of the molecule is CN(C1CCCCC1)S(=O)(=O)c1ccc(S(=O)(=O)N2CCC[C@@H](c3ccccc3)C2)cc1. The van der Waals surface area contributed by atoms with Crippen molar-refractivity contribution in [1.29, 1.82) is 0 Å². The monoisotopic (exact) mass is 476 g/mol. The zero-order chi connectivity index (χ0) is 22.8. The molecular formula is C24H32N2O4S2. The molecule has 1 heterocycles. The highest BCUT2D eigenvalue weighted by Gasteiger charge is 2.32. The lowest BCUT2D eigenvalue weighted by molar-refractivity contribution is 0.286. The van der Waals surface area contributed by atoms with Gasteiger partial charge in [0.25, 0.3) is 0 Å². The summed E-state index contributed by atoms with van der Waals surface area (Å²) in [7, 11) is -5.69. The van der Waals surface area contributed by atoms with Crippen LogP contribution in [0.3, 0.4) is 0 Å². The minimum Gasteiger partial charge on any atom is -0.207 e. The van der Waals surface area contributed by atoms with Crippen molar-refractivity contribution in [1.82, 2.24) is 8.61 Å². The molecule has 2 fully saturated rings. The van der Waals surface area contributed by atoms with Gasteiger partial charge in [0, 0.05) is 26.2 Å². The first-order valence-corrected chi connectivity index (χ1v) is 14.3. The molecule has 2 aromatic carbocycles. The van der Waals surface area contributed by atoms with Crippen molar-refractivity contribution in [3.8, 4) is 0 Å². The maximum atomic E-state index is 13.3. The van der Waals surface area contributed by atoms with Crippen LogP contribution in [0.4, 0.5) is 0 Å². The molecular weight excluding hydrogens is 444 g/mol. The van der Waals surface area contributed by atoms with Crippen molar-refractivity contribution >= 4 is 20.0 Å². The number of hydrogen-bond acceptors (Lipinski definition) is 4. The van der Waals surface area contributed by atoms with Crippen LogP contribution in [0.15, 0.2) is 64.4 Å². The average Bonchev–Trinajstić information content (AvgIpc) is 2.85. The Bertz CT molecular complexity index is 1110. The van der Waals surface area contributed by atoms with Crippen LogP contribution in [0.2, 0.25) is 0 Å². The summed E-state index contributed by atoms with van der Waals surface area (Å²) in [6.45, 7) is 0.924. The van der Waals surface area contributed by atoms with E-state index in [0.29, 0.717) is 13.1 Å². The molecule has 8 heteroatoms. The third-order valence-electron chi connectivity index (χ3n) is 6.88. The van der Waals surface area contributed by atoms with Crippen molar-refractivity contribution < 1.29 is 16.8 Å². The van der Waals surface area contributed by atoms with Crippen molar-refractivity contribution in [3.63, 3.8) is 0 Å². The van der Waals surface area contributed by atoms with Crippen molar-refractivity contribution in [2.24, 2.45) is 0 Å². The molecule has 1 aliphatic heterocycles. The first kappa shape index (κ1) is 23.4. The summed E-state index contributed by atoms with van der Waals surface area (Å²) >= 11 is 0. The molecule has 1 aliphatic carbocycles. The lowest BCUT2D eigenvalue weighted by Crippen LogP contribution is -2.39. The fourth-order valence-corrected chi connectivity index (χ4v) is 7.84. The molecule has 1 saturated heterocycles. The number of sulfonamides is 2. The summed E-state index contributed by atoms with van der Waals surface area (Å²) in [6.07, 6.45) is 6.75. The van der Waals surface area contributed by atoms with Crippen LogP contribution in [-0.2, 0) is 20.0 Å². The number of rotatable bonds is 6. The van der Waals surface area contributed by atoms with Gasteiger partial charge in [0.15, 0.2) is 0 Å². The summed E-state index contributed by atoms with van der Waals surface area (Å²) in [4.78, 5) is 0.288. The maximum Gasteiger partial charge on any atom is 0.243 e. The highest BCUT2D eigenvalue weighted by Crippen LogP contribution is 2.31. The van der Waals surface area contributed by atoms with Gasteiger partial charge in [-0.15, -0.1) is 0 Å². The average molecular weight is 477 g/mol. The van der Waals surface area contributed by atoms with Crippen LogP contribution in [0, 0.1) is 0 Å². The minimum absolute atomic E-state index is 0.0143. The molecule has 4 rings (SSSR count). The van der Waals surface area contributed by atoms with Crippen LogP contribution >= 0.6 is 0 Å². The largest absolute Gasteiger partial charge is 0.243 e. The second-order valence-electron chi connectivity index (χ2n) is 8.90. The third kappa shape index (κ3) is 4.78. The standard InChI is InChI=1S/C24H32N2O4S2/c1-25(22-12-6-3-7-13-22)31(27,28)23-14-16-24(17-15-23)32(29,30)26-18-8-11-21(19-26)20-9-4-2-5-10-20/h2,4-5,9-10,14-17,21-22H,3,6-8,11-13,18-19H2,1H3/t21-/m1/s1. The van der Waals surface area contributed by atoms with Gasteiger partial charge in [-0.2, -0.15) is 8.61 Å². The van der Waals surface area contributed by atoms with Gasteiger partial charge in [0.2, 0.25) is 20.0 Å². The normalized spacial score (nSPS) is 21.6. The Morgan fingerprint density at radius 2 is 1.41 bits per heavy atom. The highest BCUT2D eigenvalue weighted by molar-refractivity contribution is 7.89. The van der Waals surface area contributed by atoms with E-state index in [0.717, 1.165) is 50.5 Å². The van der Waals surface area contributed by atoms with Crippen molar-refractivity contribution in [2.75, 3.05) is 20.1 Å². The van der Waals surface area contributed by atoms with E-state index in [1.165, 1.54) is 32.9 Å². The molecule has 0 N–H and O–H groups in total. The Labute approximate surface area is 192 Å². The van der Waals surface area contributed by atoms with Gasteiger partial charge in [-0.1, -0.05) is 49.6 Å². The second kappa shape index (κ2) is 9.63. The fourth-order valence-electron chi connectivity index (χ4n) is 4.90. The molecule has 0 amide bonds. The van der Waals surface area contributed by atoms with E-state index in [9.17, 15) is 16.8 Å². The van der Waals surface area contributed by atoms with Gasteiger partial charge in [-0.05, 0) is 61.4 Å². The van der Waals surface area contributed by atoms with Gasteiger partial charge in [-0.3, -0.25) is 0 Å². The number of nitrogens with zero attached hydrogens (tertiary/aromatic N) is 2. The van der Waals surface area contributed by atoms with Crippen LogP contribution < -0.4 is 0 Å². The molecule has 0 unspecified atom stereocenters. The summed E-state index contributed by atoms with van der Waals surface area (Å²) in [5.74, 6) is 0.170. The van der Waals surface area contributed by atoms with E-state index < -0.39 is 20.0 Å². The van der Waals surface area contributed by atoms with Gasteiger partial charge in [-0.25, -0.2) is 16.8 Å². The second-order valence-corrected chi connectivity index (χ2v) is 12.8. The molecule has 2 aliphatic rings. The molecule has 6 nitrogen and oxygen atoms in total. The quantitative estimate of drug-likeness (QED) is 0.626. The van der Waals surface area contributed by atoms with Gasteiger partial charge in [0.1, 0.15) is 0 Å². The topological polar surface area (TPSA) is 74.8 Å². The van der Waals surface area contributed by atoms with E-state index >= 15 is 0 Å². The first-order chi connectivity index (χ1) is 15.3. The molecule has 1 saturated carbocycles. The maximum absolute atomic E-state index is 13.3. The Balaban J connectivity index is 1.51. The van der Waals surface area contributed by atoms with E-state index in [-0.39, 0.29) is 21.8 Å². The number of benzene rings is 2. The van der Waals surface area contributed by atoms with Gasteiger partial charge >= 0.3 is 0 Å². The van der Waals surface area contributed by atoms with E-state index in [1.807, 2.05) is 30.3 Å². The molecule has 174 valence electrons. The lowest BCUT2D eigenvalue weighted by atomic mass is 9.92. The molecule has 2 aromatic rings. The Hall–Kier alpha value is -1.74. The minimum atomic E-state index is -3.68. The Morgan fingerprint density at radius 3 is 2.06 bits per heavy atom. The Morgan fingerprint density at radius 1 is 0.781 bits per heavy atom. The molecule has 0 spiro atoms. The number of hydrogen-bond donors (Lipinski definition) is 0. The highest BCUT2D eigenvalue weighted by atomic mass is 32.2. The molecule has 0 radical (unpaired) electrons. The zero-order valence-corrected chi connectivity index (χ0v) is 20.2. The van der Waals surface area contributed by atoms with Crippen molar-refractivity contribution in [2.45, 2.75) is 66.7 Å². The van der Waals surface area contributed by atoms with Crippen LogP contribution in [0.25, 0.3) is 0 Å². The Kier molecular flexibility index (Phi) is 7.05. The summed E-state index contributed by atoms with van der Waals surface area (Å²) in [5, 5.41) is 0. The van der Waals surface area contributed by atoms with Crippen LogP contribution in [0.5, 0.6) is 0 Å². The smallest absolute Gasteiger partial charge is 0.207 e. The van der Waals surface area contributed by atoms with Crippen LogP contribution in [-0.4, -0.2) is 51.6 Å². The zero-order valence-electron chi connectivity index (χ0n) is 18.6.